The number of nitrogens with zero attached hydrogens (tertiary/aromatic N) is 2. The highest BCUT2D eigenvalue weighted by Gasteiger charge is 2.10. The van der Waals surface area contributed by atoms with Gasteiger partial charge in [0.2, 0.25) is 0 Å². The molecule has 1 amide bonds. The lowest BCUT2D eigenvalue weighted by Gasteiger charge is -2.07. The molecule has 0 bridgehead atoms. The number of aromatic nitrogens is 2. The van der Waals surface area contributed by atoms with Crippen LogP contribution in [0.3, 0.4) is 0 Å². The summed E-state index contributed by atoms with van der Waals surface area (Å²) in [5.41, 5.74) is 7.80. The van der Waals surface area contributed by atoms with E-state index in [1.54, 1.807) is 43.1 Å². The second kappa shape index (κ2) is 6.49. The lowest BCUT2D eigenvalue weighted by Crippen LogP contribution is -2.23. The number of amides is 1. The number of carbonyl (C=O) groups is 1. The van der Waals surface area contributed by atoms with E-state index in [9.17, 15) is 9.18 Å². The van der Waals surface area contributed by atoms with E-state index < -0.39 is 0 Å². The highest BCUT2D eigenvalue weighted by atomic mass is 19.1. The summed E-state index contributed by atoms with van der Waals surface area (Å²) < 4.78 is 15.3. The first-order chi connectivity index (χ1) is 10.0. The molecule has 1 aromatic heterocycles. The summed E-state index contributed by atoms with van der Waals surface area (Å²) in [6.07, 6.45) is 3.23. The van der Waals surface area contributed by atoms with Crippen LogP contribution in [0.5, 0.6) is 0 Å². The highest BCUT2D eigenvalue weighted by molar-refractivity contribution is 5.91. The molecule has 2 rings (SSSR count). The number of hydrogen-bond acceptors (Lipinski definition) is 3. The maximum Gasteiger partial charge on any atom is 0.271 e. The Morgan fingerprint density at radius 3 is 2.67 bits per heavy atom. The molecular weight excluding hydrogens is 271 g/mol. The Labute approximate surface area is 123 Å². The standard InChI is InChI=1S/C15H19FN4O/c1-10-5-12(6-11(2)14(10)16)7-18-15(21)13-8-20(4-3-17)9-19-13/h5-6,8-9H,3-4,7,17H2,1-2H3,(H,18,21). The molecule has 0 aliphatic heterocycles. The third-order valence-electron chi connectivity index (χ3n) is 3.20. The van der Waals surface area contributed by atoms with Gasteiger partial charge in [0.15, 0.2) is 0 Å². The topological polar surface area (TPSA) is 72.9 Å². The molecule has 0 saturated heterocycles. The largest absolute Gasteiger partial charge is 0.347 e. The number of rotatable bonds is 5. The van der Waals surface area contributed by atoms with Gasteiger partial charge in [0.1, 0.15) is 11.5 Å². The minimum atomic E-state index is -0.259. The van der Waals surface area contributed by atoms with Crippen molar-refractivity contribution in [3.8, 4) is 0 Å². The molecule has 1 aromatic carbocycles. The molecule has 0 atom stereocenters. The van der Waals surface area contributed by atoms with Crippen molar-refractivity contribution in [2.24, 2.45) is 5.73 Å². The highest BCUT2D eigenvalue weighted by Crippen LogP contribution is 2.14. The number of hydrogen-bond donors (Lipinski definition) is 2. The van der Waals surface area contributed by atoms with Crippen molar-refractivity contribution in [1.82, 2.24) is 14.9 Å². The van der Waals surface area contributed by atoms with Gasteiger partial charge in [-0.05, 0) is 30.5 Å². The van der Waals surface area contributed by atoms with Gasteiger partial charge in [-0.2, -0.15) is 0 Å². The van der Waals surface area contributed by atoms with Crippen LogP contribution in [0.15, 0.2) is 24.7 Å². The van der Waals surface area contributed by atoms with Crippen LogP contribution in [-0.4, -0.2) is 22.0 Å². The van der Waals surface area contributed by atoms with Crippen LogP contribution in [0.25, 0.3) is 0 Å². The van der Waals surface area contributed by atoms with E-state index in [4.69, 9.17) is 5.73 Å². The minimum Gasteiger partial charge on any atom is -0.347 e. The molecule has 0 fully saturated rings. The molecule has 1 heterocycles. The van der Waals surface area contributed by atoms with E-state index in [2.05, 4.69) is 10.3 Å². The zero-order valence-corrected chi connectivity index (χ0v) is 12.2. The predicted molar refractivity (Wildman–Crippen MR) is 78.3 cm³/mol. The molecular formula is C15H19FN4O. The number of nitrogens with one attached hydrogen (secondary N) is 1. The predicted octanol–water partition coefficient (Wildman–Crippen LogP) is 1.53. The van der Waals surface area contributed by atoms with Crippen molar-refractivity contribution in [2.45, 2.75) is 26.9 Å². The lowest BCUT2D eigenvalue weighted by atomic mass is 10.1. The van der Waals surface area contributed by atoms with Crippen molar-refractivity contribution in [2.75, 3.05) is 6.54 Å². The van der Waals surface area contributed by atoms with E-state index in [0.29, 0.717) is 36.5 Å². The first kappa shape index (κ1) is 15.2. The van der Waals surface area contributed by atoms with Crippen LogP contribution >= 0.6 is 0 Å². The van der Waals surface area contributed by atoms with Gasteiger partial charge in [-0.3, -0.25) is 4.79 Å². The Kier molecular flexibility index (Phi) is 4.70. The first-order valence-corrected chi connectivity index (χ1v) is 6.77. The molecule has 0 spiro atoms. The summed E-state index contributed by atoms with van der Waals surface area (Å²) in [5, 5.41) is 2.78. The van der Waals surface area contributed by atoms with Crippen LogP contribution in [0.2, 0.25) is 0 Å². The van der Waals surface area contributed by atoms with Crippen molar-refractivity contribution < 1.29 is 9.18 Å². The summed E-state index contributed by atoms with van der Waals surface area (Å²) in [5.74, 6) is -0.462. The Morgan fingerprint density at radius 2 is 2.05 bits per heavy atom. The molecule has 3 N–H and O–H groups in total. The van der Waals surface area contributed by atoms with Crippen molar-refractivity contribution >= 4 is 5.91 Å². The Hall–Kier alpha value is -2.21. The fraction of sp³-hybridized carbons (Fsp3) is 0.333. The number of nitrogens with two attached hydrogens (primary N) is 1. The van der Waals surface area contributed by atoms with Crippen molar-refractivity contribution in [3.05, 3.63) is 52.9 Å². The zero-order chi connectivity index (χ0) is 15.4. The summed E-state index contributed by atoms with van der Waals surface area (Å²) in [6.45, 7) is 4.87. The van der Waals surface area contributed by atoms with Gasteiger partial charge in [-0.25, -0.2) is 9.37 Å². The monoisotopic (exact) mass is 290 g/mol. The third kappa shape index (κ3) is 3.66. The average molecular weight is 290 g/mol. The van der Waals surface area contributed by atoms with Crippen LogP contribution < -0.4 is 11.1 Å². The van der Waals surface area contributed by atoms with Gasteiger partial charge >= 0.3 is 0 Å². The number of imidazole rings is 1. The second-order valence-electron chi connectivity index (χ2n) is 5.01. The normalized spacial score (nSPS) is 10.7. The van der Waals surface area contributed by atoms with Crippen LogP contribution in [0.4, 0.5) is 4.39 Å². The van der Waals surface area contributed by atoms with Gasteiger partial charge in [0.05, 0.1) is 6.33 Å². The van der Waals surface area contributed by atoms with E-state index in [1.807, 2.05) is 0 Å². The van der Waals surface area contributed by atoms with Gasteiger partial charge in [0.25, 0.3) is 5.91 Å². The average Bonchev–Trinajstić information content (AvgIpc) is 2.91. The molecule has 0 radical (unpaired) electrons. The van der Waals surface area contributed by atoms with Gasteiger partial charge in [-0.1, -0.05) is 12.1 Å². The number of benzene rings is 1. The fourth-order valence-corrected chi connectivity index (χ4v) is 2.16. The fourth-order valence-electron chi connectivity index (χ4n) is 2.16. The maximum atomic E-state index is 13.5. The van der Waals surface area contributed by atoms with Crippen LogP contribution in [0.1, 0.15) is 27.2 Å². The number of carbonyl (C=O) groups excluding carboxylic acids is 1. The molecule has 0 saturated carbocycles. The molecule has 2 aromatic rings. The molecule has 0 unspecified atom stereocenters. The maximum absolute atomic E-state index is 13.5. The Balaban J connectivity index is 2.00. The van der Waals surface area contributed by atoms with E-state index in [0.717, 1.165) is 5.56 Å². The van der Waals surface area contributed by atoms with Gasteiger partial charge < -0.3 is 15.6 Å². The van der Waals surface area contributed by atoms with Gasteiger partial charge in [-0.15, -0.1) is 0 Å². The first-order valence-electron chi connectivity index (χ1n) is 6.77. The molecule has 6 heteroatoms. The smallest absolute Gasteiger partial charge is 0.271 e. The van der Waals surface area contributed by atoms with E-state index in [1.165, 1.54) is 0 Å². The van der Waals surface area contributed by atoms with E-state index >= 15 is 0 Å². The number of halogens is 1. The second-order valence-corrected chi connectivity index (χ2v) is 5.01. The van der Waals surface area contributed by atoms with E-state index in [-0.39, 0.29) is 11.7 Å². The minimum absolute atomic E-state index is 0.203. The van der Waals surface area contributed by atoms with Crippen LogP contribution in [-0.2, 0) is 13.1 Å². The Morgan fingerprint density at radius 1 is 1.38 bits per heavy atom. The Bertz CT molecular complexity index is 628. The molecule has 112 valence electrons. The third-order valence-corrected chi connectivity index (χ3v) is 3.20. The number of aryl methyl sites for hydroxylation is 2. The molecule has 5 nitrogen and oxygen atoms in total. The molecule has 21 heavy (non-hydrogen) atoms. The molecule has 0 aliphatic rings. The lowest BCUT2D eigenvalue weighted by molar-refractivity contribution is 0.0946. The summed E-state index contributed by atoms with van der Waals surface area (Å²) in [4.78, 5) is 16.0. The SMILES string of the molecule is Cc1cc(CNC(=O)c2cn(CCN)cn2)cc(C)c1F. The summed E-state index contributed by atoms with van der Waals surface area (Å²) in [6, 6.07) is 3.46. The van der Waals surface area contributed by atoms with Crippen molar-refractivity contribution in [1.29, 1.82) is 0 Å². The summed E-state index contributed by atoms with van der Waals surface area (Å²) >= 11 is 0. The summed E-state index contributed by atoms with van der Waals surface area (Å²) in [7, 11) is 0. The van der Waals surface area contributed by atoms with Crippen molar-refractivity contribution in [3.63, 3.8) is 0 Å². The zero-order valence-electron chi connectivity index (χ0n) is 12.2. The van der Waals surface area contributed by atoms with Crippen LogP contribution in [0, 0.1) is 19.7 Å². The van der Waals surface area contributed by atoms with Gasteiger partial charge in [0, 0.05) is 25.8 Å². The molecule has 0 aliphatic carbocycles. The quantitative estimate of drug-likeness (QED) is 0.877.